The van der Waals surface area contributed by atoms with E-state index in [9.17, 15) is 9.59 Å². The first-order valence-electron chi connectivity index (χ1n) is 9.12. The molecule has 1 heterocycles. The van der Waals surface area contributed by atoms with Gasteiger partial charge in [0, 0.05) is 12.6 Å². The molecule has 0 saturated carbocycles. The van der Waals surface area contributed by atoms with Crippen molar-refractivity contribution in [2.75, 3.05) is 13.2 Å². The summed E-state index contributed by atoms with van der Waals surface area (Å²) in [6.45, 7) is 4.92. The largest absolute Gasteiger partial charge is 0.484 e. The lowest BCUT2D eigenvalue weighted by Gasteiger charge is -2.10. The van der Waals surface area contributed by atoms with E-state index in [2.05, 4.69) is 24.3 Å². The molecular weight excluding hydrogens is 330 g/mol. The molecule has 6 nitrogen and oxygen atoms in total. The van der Waals surface area contributed by atoms with E-state index in [1.54, 1.807) is 6.07 Å². The molecule has 0 radical (unpaired) electrons. The number of nitrogens with one attached hydrogen (secondary N) is 1. The zero-order chi connectivity index (χ0) is 18.5. The monoisotopic (exact) mass is 355 g/mol. The molecule has 0 fully saturated rings. The summed E-state index contributed by atoms with van der Waals surface area (Å²) in [7, 11) is 0. The third kappa shape index (κ3) is 4.50. The average Bonchev–Trinajstić information content (AvgIpc) is 3.07. The molecule has 1 N–H and O–H groups in total. The highest BCUT2D eigenvalue weighted by Gasteiger charge is 2.14. The second-order valence-electron chi connectivity index (χ2n) is 6.89. The van der Waals surface area contributed by atoms with Crippen LogP contribution in [0.4, 0.5) is 0 Å². The minimum absolute atomic E-state index is 0.0481. The van der Waals surface area contributed by atoms with Crippen molar-refractivity contribution in [1.29, 1.82) is 0 Å². The molecule has 0 aliphatic heterocycles. The second-order valence-corrected chi connectivity index (χ2v) is 6.89. The van der Waals surface area contributed by atoms with Crippen LogP contribution < -0.4 is 15.6 Å². The van der Waals surface area contributed by atoms with Crippen LogP contribution in [0.15, 0.2) is 35.1 Å². The second kappa shape index (κ2) is 8.17. The minimum Gasteiger partial charge on any atom is -0.484 e. The fourth-order valence-corrected chi connectivity index (χ4v) is 3.05. The predicted molar refractivity (Wildman–Crippen MR) is 99.6 cm³/mol. The smallest absolute Gasteiger partial charge is 0.267 e. The quantitative estimate of drug-likeness (QED) is 0.825. The number of carbonyl (C=O) groups excluding carboxylic acids is 1. The number of hydrogen-bond acceptors (Lipinski definition) is 4. The Balaban J connectivity index is 1.44. The molecule has 1 aliphatic carbocycles. The van der Waals surface area contributed by atoms with Crippen molar-refractivity contribution < 1.29 is 9.53 Å². The van der Waals surface area contributed by atoms with Gasteiger partial charge in [-0.05, 0) is 48.4 Å². The van der Waals surface area contributed by atoms with Gasteiger partial charge in [0.25, 0.3) is 11.5 Å². The van der Waals surface area contributed by atoms with E-state index in [0.29, 0.717) is 24.8 Å². The third-order valence-corrected chi connectivity index (χ3v) is 4.59. The highest BCUT2D eigenvalue weighted by Crippen LogP contribution is 2.18. The molecule has 6 heteroatoms. The van der Waals surface area contributed by atoms with E-state index >= 15 is 0 Å². The van der Waals surface area contributed by atoms with Crippen molar-refractivity contribution in [2.24, 2.45) is 0 Å². The summed E-state index contributed by atoms with van der Waals surface area (Å²) < 4.78 is 6.92. The number of aromatic nitrogens is 2. The van der Waals surface area contributed by atoms with Crippen LogP contribution in [0.1, 0.15) is 43.0 Å². The molecule has 26 heavy (non-hydrogen) atoms. The number of amides is 1. The van der Waals surface area contributed by atoms with Gasteiger partial charge in [-0.15, -0.1) is 0 Å². The summed E-state index contributed by atoms with van der Waals surface area (Å²) in [5, 5.41) is 7.15. The number of rotatable bonds is 7. The lowest BCUT2D eigenvalue weighted by Crippen LogP contribution is -2.34. The molecule has 138 valence electrons. The van der Waals surface area contributed by atoms with Gasteiger partial charge < -0.3 is 10.1 Å². The van der Waals surface area contributed by atoms with E-state index in [0.717, 1.165) is 30.5 Å². The molecule has 0 spiro atoms. The fourth-order valence-electron chi connectivity index (χ4n) is 3.05. The van der Waals surface area contributed by atoms with E-state index in [1.165, 1.54) is 10.2 Å². The molecule has 2 aromatic rings. The molecule has 3 rings (SSSR count). The molecule has 1 amide bonds. The van der Waals surface area contributed by atoms with Crippen molar-refractivity contribution in [3.63, 3.8) is 0 Å². The number of aryl methyl sites for hydroxylation is 2. The van der Waals surface area contributed by atoms with Gasteiger partial charge in [0.15, 0.2) is 6.61 Å². The summed E-state index contributed by atoms with van der Waals surface area (Å²) in [6.07, 6.45) is 2.91. The maximum Gasteiger partial charge on any atom is 0.267 e. The fraction of sp³-hybridized carbons (Fsp3) is 0.450. The minimum atomic E-state index is -0.216. The van der Waals surface area contributed by atoms with Crippen molar-refractivity contribution in [3.8, 4) is 5.75 Å². The number of nitrogens with zero attached hydrogens (tertiary/aromatic N) is 2. The zero-order valence-electron chi connectivity index (χ0n) is 15.3. The Bertz CT molecular complexity index is 825. The SMILES string of the molecule is CC(C)c1ccc(OCC(=O)NCCn2nc3c(cc2=O)CCC3)cc1. The van der Waals surface area contributed by atoms with E-state index in [-0.39, 0.29) is 18.1 Å². The van der Waals surface area contributed by atoms with Crippen LogP contribution in [-0.4, -0.2) is 28.8 Å². The Morgan fingerprint density at radius 2 is 2.04 bits per heavy atom. The molecule has 1 aliphatic rings. The first kappa shape index (κ1) is 18.2. The zero-order valence-corrected chi connectivity index (χ0v) is 15.3. The molecule has 1 aromatic heterocycles. The van der Waals surface area contributed by atoms with Crippen molar-refractivity contribution >= 4 is 5.91 Å². The average molecular weight is 355 g/mol. The maximum atomic E-state index is 12.0. The summed E-state index contributed by atoms with van der Waals surface area (Å²) in [6, 6.07) is 9.42. The summed E-state index contributed by atoms with van der Waals surface area (Å²) >= 11 is 0. The standard InChI is InChI=1S/C20H25N3O3/c1-14(2)15-6-8-17(9-7-15)26-13-19(24)21-10-11-23-20(25)12-16-4-3-5-18(16)22-23/h6-9,12,14H,3-5,10-11,13H2,1-2H3,(H,21,24). The van der Waals surface area contributed by atoms with Gasteiger partial charge in [0.2, 0.25) is 0 Å². The molecule has 1 aromatic carbocycles. The topological polar surface area (TPSA) is 73.2 Å². The molecular formula is C20H25N3O3. The van der Waals surface area contributed by atoms with Crippen LogP contribution >= 0.6 is 0 Å². The molecule has 0 bridgehead atoms. The summed E-state index contributed by atoms with van der Waals surface area (Å²) in [4.78, 5) is 23.9. The number of hydrogen-bond donors (Lipinski definition) is 1. The Morgan fingerprint density at radius 3 is 2.77 bits per heavy atom. The van der Waals surface area contributed by atoms with Crippen LogP contribution in [0, 0.1) is 0 Å². The molecule has 0 saturated heterocycles. The van der Waals surface area contributed by atoms with Crippen molar-refractivity contribution in [1.82, 2.24) is 15.1 Å². The normalized spacial score (nSPS) is 12.9. The van der Waals surface area contributed by atoms with Gasteiger partial charge >= 0.3 is 0 Å². The van der Waals surface area contributed by atoms with Crippen LogP contribution in [0.3, 0.4) is 0 Å². The van der Waals surface area contributed by atoms with Gasteiger partial charge in [-0.1, -0.05) is 26.0 Å². The number of carbonyl (C=O) groups is 1. The number of benzene rings is 1. The highest BCUT2D eigenvalue weighted by atomic mass is 16.5. The summed E-state index contributed by atoms with van der Waals surface area (Å²) in [5.74, 6) is 0.914. The van der Waals surface area contributed by atoms with Crippen LogP contribution in [0.2, 0.25) is 0 Å². The Kier molecular flexibility index (Phi) is 5.71. The van der Waals surface area contributed by atoms with E-state index in [1.807, 2.05) is 24.3 Å². The van der Waals surface area contributed by atoms with Gasteiger partial charge in [0.05, 0.1) is 12.2 Å². The number of ether oxygens (including phenoxy) is 1. The lowest BCUT2D eigenvalue weighted by atomic mass is 10.0. The van der Waals surface area contributed by atoms with Gasteiger partial charge in [-0.2, -0.15) is 5.10 Å². The number of fused-ring (bicyclic) bond motifs is 1. The third-order valence-electron chi connectivity index (χ3n) is 4.59. The first-order chi connectivity index (χ1) is 12.5. The Labute approximate surface area is 153 Å². The van der Waals surface area contributed by atoms with Gasteiger partial charge in [-0.3, -0.25) is 9.59 Å². The van der Waals surface area contributed by atoms with E-state index in [4.69, 9.17) is 4.74 Å². The molecule has 0 atom stereocenters. The van der Waals surface area contributed by atoms with Crippen LogP contribution in [0.5, 0.6) is 5.75 Å². The summed E-state index contributed by atoms with van der Waals surface area (Å²) in [5.41, 5.74) is 3.19. The van der Waals surface area contributed by atoms with Crippen LogP contribution in [-0.2, 0) is 24.2 Å². The lowest BCUT2D eigenvalue weighted by molar-refractivity contribution is -0.123. The van der Waals surface area contributed by atoms with Crippen molar-refractivity contribution in [3.05, 3.63) is 57.5 Å². The Morgan fingerprint density at radius 1 is 1.27 bits per heavy atom. The first-order valence-corrected chi connectivity index (χ1v) is 9.12. The highest BCUT2D eigenvalue weighted by molar-refractivity contribution is 5.77. The molecule has 0 unspecified atom stereocenters. The maximum absolute atomic E-state index is 12.0. The van der Waals surface area contributed by atoms with Gasteiger partial charge in [0.1, 0.15) is 5.75 Å². The van der Waals surface area contributed by atoms with Crippen molar-refractivity contribution in [2.45, 2.75) is 45.6 Å². The van der Waals surface area contributed by atoms with Gasteiger partial charge in [-0.25, -0.2) is 4.68 Å². The van der Waals surface area contributed by atoms with E-state index < -0.39 is 0 Å². The Hall–Kier alpha value is -2.63. The predicted octanol–water partition coefficient (Wildman–Crippen LogP) is 2.05. The van der Waals surface area contributed by atoms with Crippen LogP contribution in [0.25, 0.3) is 0 Å².